The maximum Gasteiger partial charge on any atom is 0.274 e. The van der Waals surface area contributed by atoms with Crippen LogP contribution in [0.3, 0.4) is 0 Å². The van der Waals surface area contributed by atoms with Crippen molar-refractivity contribution in [3.8, 4) is 0 Å². The van der Waals surface area contributed by atoms with E-state index in [1.165, 1.54) is 22.2 Å². The van der Waals surface area contributed by atoms with Gasteiger partial charge >= 0.3 is 0 Å². The zero-order valence-electron chi connectivity index (χ0n) is 14.5. The molecule has 0 saturated heterocycles. The van der Waals surface area contributed by atoms with Crippen molar-refractivity contribution in [1.29, 1.82) is 0 Å². The maximum atomic E-state index is 11.5. The highest BCUT2D eigenvalue weighted by Gasteiger charge is 2.22. The summed E-state index contributed by atoms with van der Waals surface area (Å²) in [5.74, 6) is -0.493. The molecule has 0 fully saturated rings. The van der Waals surface area contributed by atoms with Crippen molar-refractivity contribution in [3.63, 3.8) is 0 Å². The molecule has 0 unspecified atom stereocenters. The van der Waals surface area contributed by atoms with Gasteiger partial charge < -0.3 is 9.47 Å². The number of aromatic nitrogens is 1. The highest BCUT2D eigenvalue weighted by molar-refractivity contribution is 9.10. The molecule has 26 heavy (non-hydrogen) atoms. The van der Waals surface area contributed by atoms with Crippen LogP contribution in [0, 0.1) is 0 Å². The summed E-state index contributed by atoms with van der Waals surface area (Å²) in [6, 6.07) is 13.8. The number of likely N-dealkylation sites (N-methyl/N-ethyl adjacent to an activating group) is 1. The molecule has 3 aromatic rings. The lowest BCUT2D eigenvalue weighted by molar-refractivity contribution is 0.0706. The van der Waals surface area contributed by atoms with Gasteiger partial charge in [0.15, 0.2) is 0 Å². The van der Waals surface area contributed by atoms with Gasteiger partial charge in [0, 0.05) is 52.7 Å². The van der Waals surface area contributed by atoms with Crippen LogP contribution in [0.5, 0.6) is 0 Å². The molecule has 0 bridgehead atoms. The first-order valence-corrected chi connectivity index (χ1v) is 9.37. The minimum Gasteiger partial charge on any atom is -0.340 e. The molecule has 0 saturated carbocycles. The largest absolute Gasteiger partial charge is 0.340 e. The molecule has 1 aliphatic rings. The normalized spacial score (nSPS) is 14.4. The molecule has 134 valence electrons. The Morgan fingerprint density at radius 1 is 1.23 bits per heavy atom. The van der Waals surface area contributed by atoms with E-state index in [0.717, 1.165) is 36.1 Å². The number of nitrogens with one attached hydrogen (secondary N) is 1. The lowest BCUT2D eigenvalue weighted by Crippen LogP contribution is -2.27. The average molecular weight is 414 g/mol. The Bertz CT molecular complexity index is 979. The predicted molar refractivity (Wildman–Crippen MR) is 104 cm³/mol. The van der Waals surface area contributed by atoms with Gasteiger partial charge in [0.05, 0.1) is 0 Å². The fourth-order valence-electron chi connectivity index (χ4n) is 3.74. The minimum atomic E-state index is -0.493. The molecule has 2 N–H and O–H groups in total. The Hall–Kier alpha value is -2.15. The van der Waals surface area contributed by atoms with Crippen LogP contribution >= 0.6 is 15.9 Å². The van der Waals surface area contributed by atoms with E-state index in [2.05, 4.69) is 50.6 Å². The van der Waals surface area contributed by atoms with Crippen LogP contribution in [0.4, 0.5) is 0 Å². The van der Waals surface area contributed by atoms with Gasteiger partial charge in [-0.1, -0.05) is 34.1 Å². The second-order valence-corrected chi connectivity index (χ2v) is 7.71. The lowest BCUT2D eigenvalue weighted by atomic mass is 10.1. The van der Waals surface area contributed by atoms with Crippen molar-refractivity contribution in [2.24, 2.45) is 0 Å². The zero-order valence-corrected chi connectivity index (χ0v) is 16.1. The quantitative estimate of drug-likeness (QED) is 0.509. The third-order valence-corrected chi connectivity index (χ3v) is 5.56. The monoisotopic (exact) mass is 413 g/mol. The van der Waals surface area contributed by atoms with Crippen LogP contribution < -0.4 is 5.48 Å². The summed E-state index contributed by atoms with van der Waals surface area (Å²) in [5.41, 5.74) is 7.28. The second-order valence-electron chi connectivity index (χ2n) is 6.80. The lowest BCUT2D eigenvalue weighted by Gasteiger charge is -2.24. The number of carbonyl (C=O) groups is 1. The van der Waals surface area contributed by atoms with E-state index < -0.39 is 5.91 Å². The zero-order chi connectivity index (χ0) is 18.3. The molecule has 1 aliphatic heterocycles. The Balaban J connectivity index is 1.76. The molecule has 2 aromatic carbocycles. The van der Waals surface area contributed by atoms with Gasteiger partial charge in [-0.3, -0.25) is 10.0 Å². The summed E-state index contributed by atoms with van der Waals surface area (Å²) in [5, 5.41) is 10.1. The summed E-state index contributed by atoms with van der Waals surface area (Å²) < 4.78 is 3.47. The number of carbonyl (C=O) groups excluding carboxylic acids is 1. The first-order chi connectivity index (χ1) is 12.6. The standard InChI is InChI=1S/C20H20BrN3O2/c1-23-9-8-18-17(12-23)16-7-6-15(21)10-19(16)24(18)11-13-2-4-14(5-3-13)20(25)22-26/h2-7,10,26H,8-9,11-12H2,1H3,(H,22,25). The van der Waals surface area contributed by atoms with Crippen LogP contribution in [-0.4, -0.2) is 34.2 Å². The summed E-state index contributed by atoms with van der Waals surface area (Å²) in [7, 11) is 2.16. The number of hydrogen-bond acceptors (Lipinski definition) is 3. The molecular formula is C20H20BrN3O2. The molecule has 2 heterocycles. The van der Waals surface area contributed by atoms with Gasteiger partial charge in [0.1, 0.15) is 0 Å². The Morgan fingerprint density at radius 3 is 2.73 bits per heavy atom. The molecule has 6 heteroatoms. The number of benzene rings is 2. The van der Waals surface area contributed by atoms with E-state index in [1.807, 2.05) is 12.1 Å². The fraction of sp³-hybridized carbons (Fsp3) is 0.250. The minimum absolute atomic E-state index is 0.444. The van der Waals surface area contributed by atoms with Crippen LogP contribution in [0.2, 0.25) is 0 Å². The van der Waals surface area contributed by atoms with E-state index in [9.17, 15) is 4.79 Å². The summed E-state index contributed by atoms with van der Waals surface area (Å²) >= 11 is 3.60. The number of nitrogens with zero attached hydrogens (tertiary/aromatic N) is 2. The molecule has 5 nitrogen and oxygen atoms in total. The number of hydrogen-bond donors (Lipinski definition) is 2. The molecular weight excluding hydrogens is 394 g/mol. The average Bonchev–Trinajstić information content (AvgIpc) is 2.94. The molecule has 1 amide bonds. The Kier molecular flexibility index (Phi) is 4.56. The van der Waals surface area contributed by atoms with Crippen molar-refractivity contribution in [1.82, 2.24) is 14.9 Å². The fourth-order valence-corrected chi connectivity index (χ4v) is 4.09. The maximum absolute atomic E-state index is 11.5. The second kappa shape index (κ2) is 6.87. The topological polar surface area (TPSA) is 57.5 Å². The highest BCUT2D eigenvalue weighted by atomic mass is 79.9. The van der Waals surface area contributed by atoms with Gasteiger partial charge in [0.25, 0.3) is 5.91 Å². The smallest absolute Gasteiger partial charge is 0.274 e. The van der Waals surface area contributed by atoms with Gasteiger partial charge in [0.2, 0.25) is 0 Å². The van der Waals surface area contributed by atoms with Crippen LogP contribution in [0.15, 0.2) is 46.9 Å². The number of hydroxylamine groups is 1. The molecule has 0 atom stereocenters. The van der Waals surface area contributed by atoms with Crippen molar-refractivity contribution < 1.29 is 10.0 Å². The van der Waals surface area contributed by atoms with Crippen molar-refractivity contribution in [2.45, 2.75) is 19.5 Å². The summed E-state index contributed by atoms with van der Waals surface area (Å²) in [6.07, 6.45) is 1.03. The van der Waals surface area contributed by atoms with E-state index in [-0.39, 0.29) is 0 Å². The summed E-state index contributed by atoms with van der Waals surface area (Å²) in [6.45, 7) is 2.78. The van der Waals surface area contributed by atoms with E-state index in [4.69, 9.17) is 5.21 Å². The highest BCUT2D eigenvalue weighted by Crippen LogP contribution is 2.33. The van der Waals surface area contributed by atoms with E-state index in [1.54, 1.807) is 17.6 Å². The first kappa shape index (κ1) is 17.3. The molecule has 0 aliphatic carbocycles. The van der Waals surface area contributed by atoms with E-state index >= 15 is 0 Å². The van der Waals surface area contributed by atoms with Gasteiger partial charge in [-0.2, -0.15) is 0 Å². The van der Waals surface area contributed by atoms with E-state index in [0.29, 0.717) is 5.56 Å². The van der Waals surface area contributed by atoms with Gasteiger partial charge in [-0.05, 0) is 42.4 Å². The Labute approximate surface area is 160 Å². The third-order valence-electron chi connectivity index (χ3n) is 5.07. The molecule has 1 aromatic heterocycles. The number of rotatable bonds is 3. The van der Waals surface area contributed by atoms with Gasteiger partial charge in [-0.15, -0.1) is 0 Å². The molecule has 4 rings (SSSR count). The van der Waals surface area contributed by atoms with Crippen molar-refractivity contribution in [2.75, 3.05) is 13.6 Å². The predicted octanol–water partition coefficient (Wildman–Crippen LogP) is 3.56. The van der Waals surface area contributed by atoms with Crippen molar-refractivity contribution in [3.05, 3.63) is 69.3 Å². The number of fused-ring (bicyclic) bond motifs is 3. The van der Waals surface area contributed by atoms with Gasteiger partial charge in [-0.25, -0.2) is 5.48 Å². The third kappa shape index (κ3) is 3.05. The van der Waals surface area contributed by atoms with Crippen molar-refractivity contribution >= 4 is 32.7 Å². The van der Waals surface area contributed by atoms with Crippen LogP contribution in [0.1, 0.15) is 27.2 Å². The first-order valence-electron chi connectivity index (χ1n) is 8.58. The summed E-state index contributed by atoms with van der Waals surface area (Å²) in [4.78, 5) is 13.9. The number of amides is 1. The van der Waals surface area contributed by atoms with Crippen LogP contribution in [-0.2, 0) is 19.5 Å². The van der Waals surface area contributed by atoms with Crippen LogP contribution in [0.25, 0.3) is 10.9 Å². The Morgan fingerprint density at radius 2 is 2.00 bits per heavy atom. The molecule has 0 radical (unpaired) electrons. The SMILES string of the molecule is CN1CCc2c(c3ccc(Br)cc3n2Cc2ccc(C(=O)NO)cc2)C1. The number of halogens is 1. The molecule has 0 spiro atoms.